The molecule has 4 N–H and O–H groups in total. The molecule has 142 valence electrons. The van der Waals surface area contributed by atoms with Crippen LogP contribution in [0.4, 0.5) is 5.69 Å². The summed E-state index contributed by atoms with van der Waals surface area (Å²) in [7, 11) is 0. The molecule has 0 spiro atoms. The fourth-order valence-electron chi connectivity index (χ4n) is 2.94. The first-order valence-electron chi connectivity index (χ1n) is 9.07. The fraction of sp³-hybridized carbons (Fsp3) is 0.350. The van der Waals surface area contributed by atoms with Crippen LogP contribution in [-0.2, 0) is 9.53 Å². The Balaban J connectivity index is 1.49. The summed E-state index contributed by atoms with van der Waals surface area (Å²) in [5.74, 6) is -0.312. The summed E-state index contributed by atoms with van der Waals surface area (Å²) in [4.78, 5) is 28.2. The van der Waals surface area contributed by atoms with Crippen LogP contribution in [0, 0.1) is 0 Å². The maximum atomic E-state index is 12.2. The van der Waals surface area contributed by atoms with Gasteiger partial charge in [-0.15, -0.1) is 0 Å². The third-order valence-electron chi connectivity index (χ3n) is 4.50. The van der Waals surface area contributed by atoms with Crippen molar-refractivity contribution in [3.05, 3.63) is 59.9 Å². The first-order chi connectivity index (χ1) is 13.1. The summed E-state index contributed by atoms with van der Waals surface area (Å²) in [6, 6.07) is 9.98. The molecule has 1 saturated heterocycles. The second-order valence-corrected chi connectivity index (χ2v) is 6.56. The third-order valence-corrected chi connectivity index (χ3v) is 4.50. The monoisotopic (exact) mass is 368 g/mol. The number of carbonyl (C=O) groups excluding carboxylic acids is 2. The van der Waals surface area contributed by atoms with E-state index in [1.165, 1.54) is 0 Å². The molecule has 27 heavy (non-hydrogen) atoms. The van der Waals surface area contributed by atoms with Crippen molar-refractivity contribution in [2.24, 2.45) is 5.73 Å². The zero-order valence-corrected chi connectivity index (χ0v) is 15.1. The van der Waals surface area contributed by atoms with Crippen LogP contribution in [-0.4, -0.2) is 36.1 Å². The van der Waals surface area contributed by atoms with E-state index in [0.29, 0.717) is 17.8 Å². The van der Waals surface area contributed by atoms with E-state index in [2.05, 4.69) is 15.6 Å². The lowest BCUT2D eigenvalue weighted by molar-refractivity contribution is -0.121. The van der Waals surface area contributed by atoms with Crippen LogP contribution in [0.25, 0.3) is 0 Å². The standard InChI is InChI=1S/C20H24N4O3/c21-18(12-19(25)23-13-17-2-1-11-27-17)14-3-5-15(6-4-14)20(26)24-16-7-9-22-10-8-16/h3-10,17-18H,1-2,11-13,21H2,(H,23,25)(H,22,24,26). The van der Waals surface area contributed by atoms with Gasteiger partial charge >= 0.3 is 0 Å². The minimum atomic E-state index is -0.424. The van der Waals surface area contributed by atoms with Gasteiger partial charge < -0.3 is 21.1 Å². The van der Waals surface area contributed by atoms with Crippen LogP contribution in [0.5, 0.6) is 0 Å². The van der Waals surface area contributed by atoms with Crippen LogP contribution < -0.4 is 16.4 Å². The average molecular weight is 368 g/mol. The molecule has 3 rings (SSSR count). The number of pyridine rings is 1. The van der Waals surface area contributed by atoms with Crippen LogP contribution in [0.1, 0.15) is 41.2 Å². The van der Waals surface area contributed by atoms with Gasteiger partial charge in [0, 0.05) is 49.3 Å². The topological polar surface area (TPSA) is 106 Å². The molecule has 1 aliphatic heterocycles. The Morgan fingerprint density at radius 3 is 2.59 bits per heavy atom. The van der Waals surface area contributed by atoms with E-state index in [-0.39, 0.29) is 24.3 Å². The van der Waals surface area contributed by atoms with Gasteiger partial charge in [0.25, 0.3) is 5.91 Å². The van der Waals surface area contributed by atoms with Crippen molar-refractivity contribution in [2.45, 2.75) is 31.4 Å². The quantitative estimate of drug-likeness (QED) is 0.693. The molecule has 2 heterocycles. The lowest BCUT2D eigenvalue weighted by Gasteiger charge is -2.14. The Kier molecular flexibility index (Phi) is 6.51. The highest BCUT2D eigenvalue weighted by atomic mass is 16.5. The minimum Gasteiger partial charge on any atom is -0.376 e. The smallest absolute Gasteiger partial charge is 0.255 e. The van der Waals surface area contributed by atoms with Gasteiger partial charge in [-0.05, 0) is 42.7 Å². The molecule has 1 fully saturated rings. The number of aromatic nitrogens is 1. The SMILES string of the molecule is NC(CC(=O)NCC1CCCO1)c1ccc(C(=O)Nc2ccncc2)cc1. The van der Waals surface area contributed by atoms with E-state index in [0.717, 1.165) is 25.0 Å². The number of carbonyl (C=O) groups is 2. The number of rotatable bonds is 7. The second-order valence-electron chi connectivity index (χ2n) is 6.56. The number of anilines is 1. The molecule has 7 heteroatoms. The summed E-state index contributed by atoms with van der Waals surface area (Å²) >= 11 is 0. The molecular weight excluding hydrogens is 344 g/mol. The van der Waals surface area contributed by atoms with Gasteiger partial charge in [0.2, 0.25) is 5.91 Å². The molecule has 1 aliphatic rings. The number of hydrogen-bond acceptors (Lipinski definition) is 5. The highest BCUT2D eigenvalue weighted by molar-refractivity contribution is 6.04. The average Bonchev–Trinajstić information content (AvgIpc) is 3.21. The van der Waals surface area contributed by atoms with Crippen molar-refractivity contribution in [2.75, 3.05) is 18.5 Å². The summed E-state index contributed by atoms with van der Waals surface area (Å²) in [6.07, 6.45) is 5.55. The Morgan fingerprint density at radius 1 is 1.19 bits per heavy atom. The van der Waals surface area contributed by atoms with Crippen molar-refractivity contribution < 1.29 is 14.3 Å². The molecule has 2 amide bonds. The largest absolute Gasteiger partial charge is 0.376 e. The van der Waals surface area contributed by atoms with Crippen molar-refractivity contribution in [1.82, 2.24) is 10.3 Å². The molecule has 1 aromatic heterocycles. The first kappa shape index (κ1) is 19.0. The highest BCUT2D eigenvalue weighted by Gasteiger charge is 2.18. The van der Waals surface area contributed by atoms with Gasteiger partial charge in [0.05, 0.1) is 6.10 Å². The van der Waals surface area contributed by atoms with Crippen molar-refractivity contribution in [3.8, 4) is 0 Å². The number of nitrogens with zero attached hydrogens (tertiary/aromatic N) is 1. The normalized spacial score (nSPS) is 17.3. The lowest BCUT2D eigenvalue weighted by atomic mass is 10.0. The van der Waals surface area contributed by atoms with Gasteiger partial charge in [-0.1, -0.05) is 12.1 Å². The summed E-state index contributed by atoms with van der Waals surface area (Å²) in [6.45, 7) is 1.29. The molecule has 0 bridgehead atoms. The van der Waals surface area contributed by atoms with Crippen LogP contribution >= 0.6 is 0 Å². The van der Waals surface area contributed by atoms with E-state index in [4.69, 9.17) is 10.5 Å². The van der Waals surface area contributed by atoms with Crippen molar-refractivity contribution in [1.29, 1.82) is 0 Å². The van der Waals surface area contributed by atoms with Gasteiger partial charge in [0.15, 0.2) is 0 Å². The van der Waals surface area contributed by atoms with Gasteiger partial charge in [-0.2, -0.15) is 0 Å². The second kappa shape index (κ2) is 9.25. The maximum absolute atomic E-state index is 12.2. The molecule has 0 radical (unpaired) electrons. The predicted molar refractivity (Wildman–Crippen MR) is 102 cm³/mol. The van der Waals surface area contributed by atoms with Gasteiger partial charge in [-0.3, -0.25) is 14.6 Å². The number of nitrogens with two attached hydrogens (primary N) is 1. The third kappa shape index (κ3) is 5.60. The summed E-state index contributed by atoms with van der Waals surface area (Å²) < 4.78 is 5.48. The molecule has 2 aromatic rings. The van der Waals surface area contributed by atoms with E-state index in [1.807, 2.05) is 0 Å². The predicted octanol–water partition coefficient (Wildman–Crippen LogP) is 2.02. The zero-order chi connectivity index (χ0) is 19.1. The Labute approximate surface area is 158 Å². The molecular formula is C20H24N4O3. The number of benzene rings is 1. The Bertz CT molecular complexity index is 759. The van der Waals surface area contributed by atoms with Crippen LogP contribution in [0.15, 0.2) is 48.8 Å². The minimum absolute atomic E-state index is 0.0995. The van der Waals surface area contributed by atoms with Crippen molar-refractivity contribution in [3.63, 3.8) is 0 Å². The summed E-state index contributed by atoms with van der Waals surface area (Å²) in [5.41, 5.74) is 8.14. The van der Waals surface area contributed by atoms with E-state index >= 15 is 0 Å². The van der Waals surface area contributed by atoms with Crippen LogP contribution in [0.2, 0.25) is 0 Å². The molecule has 2 unspecified atom stereocenters. The van der Waals surface area contributed by atoms with Crippen molar-refractivity contribution >= 4 is 17.5 Å². The van der Waals surface area contributed by atoms with E-state index in [9.17, 15) is 9.59 Å². The maximum Gasteiger partial charge on any atom is 0.255 e. The molecule has 2 atom stereocenters. The molecule has 7 nitrogen and oxygen atoms in total. The lowest BCUT2D eigenvalue weighted by Crippen LogP contribution is -2.33. The van der Waals surface area contributed by atoms with E-state index in [1.54, 1.807) is 48.8 Å². The summed E-state index contributed by atoms with van der Waals surface area (Å²) in [5, 5.41) is 5.67. The number of amides is 2. The first-order valence-corrected chi connectivity index (χ1v) is 9.07. The zero-order valence-electron chi connectivity index (χ0n) is 15.1. The van der Waals surface area contributed by atoms with Gasteiger partial charge in [0.1, 0.15) is 0 Å². The molecule has 0 saturated carbocycles. The number of hydrogen-bond donors (Lipinski definition) is 3. The molecule has 1 aromatic carbocycles. The fourth-order valence-corrected chi connectivity index (χ4v) is 2.94. The van der Waals surface area contributed by atoms with Gasteiger partial charge in [-0.25, -0.2) is 0 Å². The Morgan fingerprint density at radius 2 is 1.93 bits per heavy atom. The molecule has 0 aliphatic carbocycles. The highest BCUT2D eigenvalue weighted by Crippen LogP contribution is 2.16. The number of nitrogens with one attached hydrogen (secondary N) is 2. The van der Waals surface area contributed by atoms with E-state index < -0.39 is 6.04 Å². The number of ether oxygens (including phenoxy) is 1. The van der Waals surface area contributed by atoms with Crippen LogP contribution in [0.3, 0.4) is 0 Å². The Hall–Kier alpha value is -2.77.